The van der Waals surface area contributed by atoms with Gasteiger partial charge in [0.25, 0.3) is 0 Å². The Kier molecular flexibility index (Phi) is 7.97. The van der Waals surface area contributed by atoms with Crippen molar-refractivity contribution >= 4 is 11.6 Å². The van der Waals surface area contributed by atoms with Crippen LogP contribution in [-0.4, -0.2) is 43.7 Å². The zero-order chi connectivity index (χ0) is 15.7. The number of nitrogens with two attached hydrogens (primary N) is 1. The third kappa shape index (κ3) is 6.25. The number of ether oxygens (including phenoxy) is 1. The SMILES string of the molecule is CCN(CC)Cc1cccc(NC(=O)C(N)CCOC)c1. The number of amides is 1. The lowest BCUT2D eigenvalue weighted by molar-refractivity contribution is -0.117. The van der Waals surface area contributed by atoms with Crippen LogP contribution in [0.4, 0.5) is 5.69 Å². The van der Waals surface area contributed by atoms with Crippen LogP contribution in [0.25, 0.3) is 0 Å². The number of nitrogens with one attached hydrogen (secondary N) is 1. The molecular formula is C16H27N3O2. The van der Waals surface area contributed by atoms with Crippen molar-refractivity contribution < 1.29 is 9.53 Å². The summed E-state index contributed by atoms with van der Waals surface area (Å²) in [6.45, 7) is 7.67. The molecule has 1 atom stereocenters. The highest BCUT2D eigenvalue weighted by Crippen LogP contribution is 2.13. The quantitative estimate of drug-likeness (QED) is 0.729. The van der Waals surface area contributed by atoms with Crippen molar-refractivity contribution in [3.8, 4) is 0 Å². The minimum atomic E-state index is -0.545. The molecule has 0 saturated heterocycles. The molecule has 1 rings (SSSR count). The zero-order valence-electron chi connectivity index (χ0n) is 13.3. The van der Waals surface area contributed by atoms with Gasteiger partial charge in [-0.3, -0.25) is 9.69 Å². The van der Waals surface area contributed by atoms with Crippen molar-refractivity contribution in [2.45, 2.75) is 32.9 Å². The predicted molar refractivity (Wildman–Crippen MR) is 86.2 cm³/mol. The van der Waals surface area contributed by atoms with E-state index in [1.807, 2.05) is 18.2 Å². The molecule has 0 aliphatic rings. The third-order valence-corrected chi connectivity index (χ3v) is 3.46. The summed E-state index contributed by atoms with van der Waals surface area (Å²) >= 11 is 0. The van der Waals surface area contributed by atoms with Gasteiger partial charge in [-0.15, -0.1) is 0 Å². The van der Waals surface area contributed by atoms with Crippen LogP contribution in [0.2, 0.25) is 0 Å². The van der Waals surface area contributed by atoms with Crippen LogP contribution >= 0.6 is 0 Å². The maximum Gasteiger partial charge on any atom is 0.241 e. The summed E-state index contributed by atoms with van der Waals surface area (Å²) in [6.07, 6.45) is 0.515. The smallest absolute Gasteiger partial charge is 0.241 e. The first-order valence-electron chi connectivity index (χ1n) is 7.47. The second-order valence-electron chi connectivity index (χ2n) is 5.04. The fraction of sp³-hybridized carbons (Fsp3) is 0.562. The molecule has 1 amide bonds. The Morgan fingerprint density at radius 1 is 1.38 bits per heavy atom. The Labute approximate surface area is 127 Å². The number of hydrogen-bond acceptors (Lipinski definition) is 4. The maximum absolute atomic E-state index is 12.0. The number of carbonyl (C=O) groups is 1. The zero-order valence-corrected chi connectivity index (χ0v) is 13.3. The van der Waals surface area contributed by atoms with Gasteiger partial charge in [0.15, 0.2) is 0 Å². The number of methoxy groups -OCH3 is 1. The van der Waals surface area contributed by atoms with Crippen molar-refractivity contribution in [3.05, 3.63) is 29.8 Å². The molecule has 0 aromatic heterocycles. The van der Waals surface area contributed by atoms with E-state index in [9.17, 15) is 4.79 Å². The van der Waals surface area contributed by atoms with E-state index in [0.717, 1.165) is 25.3 Å². The lowest BCUT2D eigenvalue weighted by Gasteiger charge is -2.18. The van der Waals surface area contributed by atoms with Crippen LogP contribution in [0.15, 0.2) is 24.3 Å². The minimum Gasteiger partial charge on any atom is -0.385 e. The normalized spacial score (nSPS) is 12.4. The highest BCUT2D eigenvalue weighted by atomic mass is 16.5. The van der Waals surface area contributed by atoms with Gasteiger partial charge in [0.2, 0.25) is 5.91 Å². The highest BCUT2D eigenvalue weighted by Gasteiger charge is 2.13. The molecule has 0 spiro atoms. The van der Waals surface area contributed by atoms with Crippen molar-refractivity contribution in [1.82, 2.24) is 4.90 Å². The number of benzene rings is 1. The number of carbonyl (C=O) groups excluding carboxylic acids is 1. The molecule has 118 valence electrons. The molecule has 1 aromatic rings. The molecule has 3 N–H and O–H groups in total. The number of anilines is 1. The number of hydrogen-bond donors (Lipinski definition) is 2. The van der Waals surface area contributed by atoms with E-state index < -0.39 is 6.04 Å². The molecule has 0 fully saturated rings. The molecular weight excluding hydrogens is 266 g/mol. The molecule has 0 heterocycles. The van der Waals surface area contributed by atoms with Gasteiger partial charge >= 0.3 is 0 Å². The first-order valence-corrected chi connectivity index (χ1v) is 7.47. The van der Waals surface area contributed by atoms with Gasteiger partial charge in [0, 0.05) is 25.9 Å². The van der Waals surface area contributed by atoms with E-state index in [1.54, 1.807) is 7.11 Å². The van der Waals surface area contributed by atoms with Gasteiger partial charge in [-0.25, -0.2) is 0 Å². The van der Waals surface area contributed by atoms with E-state index >= 15 is 0 Å². The molecule has 1 aromatic carbocycles. The van der Waals surface area contributed by atoms with Crippen LogP contribution in [0.5, 0.6) is 0 Å². The highest BCUT2D eigenvalue weighted by molar-refractivity contribution is 5.94. The predicted octanol–water partition coefficient (Wildman–Crippen LogP) is 1.83. The van der Waals surface area contributed by atoms with E-state index in [1.165, 1.54) is 5.56 Å². The molecule has 5 heteroatoms. The summed E-state index contributed by atoms with van der Waals surface area (Å²) in [7, 11) is 1.60. The van der Waals surface area contributed by atoms with Crippen LogP contribution in [-0.2, 0) is 16.1 Å². The Bertz CT molecular complexity index is 433. The molecule has 0 aliphatic heterocycles. The molecule has 0 aliphatic carbocycles. The molecule has 0 saturated carbocycles. The fourth-order valence-electron chi connectivity index (χ4n) is 2.06. The van der Waals surface area contributed by atoms with Gasteiger partial charge in [-0.05, 0) is 37.2 Å². The minimum absolute atomic E-state index is 0.174. The van der Waals surface area contributed by atoms with Crippen LogP contribution in [0, 0.1) is 0 Å². The van der Waals surface area contributed by atoms with Crippen molar-refractivity contribution in [2.24, 2.45) is 5.73 Å². The van der Waals surface area contributed by atoms with E-state index in [2.05, 4.69) is 30.1 Å². The van der Waals surface area contributed by atoms with Crippen LogP contribution in [0.1, 0.15) is 25.8 Å². The molecule has 21 heavy (non-hydrogen) atoms. The van der Waals surface area contributed by atoms with E-state index in [0.29, 0.717) is 13.0 Å². The van der Waals surface area contributed by atoms with Crippen LogP contribution in [0.3, 0.4) is 0 Å². The second kappa shape index (κ2) is 9.50. The molecule has 0 radical (unpaired) electrons. The molecule has 0 bridgehead atoms. The van der Waals surface area contributed by atoms with Gasteiger partial charge in [-0.1, -0.05) is 26.0 Å². The third-order valence-electron chi connectivity index (χ3n) is 3.46. The van der Waals surface area contributed by atoms with Crippen molar-refractivity contribution in [1.29, 1.82) is 0 Å². The van der Waals surface area contributed by atoms with E-state index in [4.69, 9.17) is 10.5 Å². The number of rotatable bonds is 9. The lowest BCUT2D eigenvalue weighted by Crippen LogP contribution is -2.36. The summed E-state index contributed by atoms with van der Waals surface area (Å²) in [6, 6.07) is 7.36. The van der Waals surface area contributed by atoms with Gasteiger partial charge in [0.05, 0.1) is 6.04 Å². The largest absolute Gasteiger partial charge is 0.385 e. The Balaban J connectivity index is 2.61. The fourth-order valence-corrected chi connectivity index (χ4v) is 2.06. The monoisotopic (exact) mass is 293 g/mol. The lowest BCUT2D eigenvalue weighted by atomic mass is 10.1. The maximum atomic E-state index is 12.0. The van der Waals surface area contributed by atoms with E-state index in [-0.39, 0.29) is 5.91 Å². The summed E-state index contributed by atoms with van der Waals surface area (Å²) in [5, 5.41) is 2.86. The topological polar surface area (TPSA) is 67.6 Å². The summed E-state index contributed by atoms with van der Waals surface area (Å²) in [5.41, 5.74) is 7.78. The summed E-state index contributed by atoms with van der Waals surface area (Å²) in [4.78, 5) is 14.3. The Morgan fingerprint density at radius 3 is 2.71 bits per heavy atom. The van der Waals surface area contributed by atoms with Crippen molar-refractivity contribution in [3.63, 3.8) is 0 Å². The summed E-state index contributed by atoms with van der Waals surface area (Å²) < 4.78 is 4.93. The molecule has 1 unspecified atom stereocenters. The Morgan fingerprint density at radius 2 is 2.10 bits per heavy atom. The first kappa shape index (κ1) is 17.6. The van der Waals surface area contributed by atoms with Crippen LogP contribution < -0.4 is 11.1 Å². The standard InChI is InChI=1S/C16H27N3O2/c1-4-19(5-2)12-13-7-6-8-14(11-13)18-16(20)15(17)9-10-21-3/h6-8,11,15H,4-5,9-10,12,17H2,1-3H3,(H,18,20). The summed E-state index contributed by atoms with van der Waals surface area (Å²) in [5.74, 6) is -0.174. The van der Waals surface area contributed by atoms with Gasteiger partial charge in [0.1, 0.15) is 0 Å². The molecule has 5 nitrogen and oxygen atoms in total. The van der Waals surface area contributed by atoms with Gasteiger partial charge in [-0.2, -0.15) is 0 Å². The number of nitrogens with zero attached hydrogens (tertiary/aromatic N) is 1. The first-order chi connectivity index (χ1) is 10.1. The second-order valence-corrected chi connectivity index (χ2v) is 5.04. The Hall–Kier alpha value is -1.43. The average Bonchev–Trinajstić information content (AvgIpc) is 2.50. The van der Waals surface area contributed by atoms with Crippen molar-refractivity contribution in [2.75, 3.05) is 32.1 Å². The van der Waals surface area contributed by atoms with Gasteiger partial charge < -0.3 is 15.8 Å². The average molecular weight is 293 g/mol.